The third kappa shape index (κ3) is 3.73. The monoisotopic (exact) mass is 425 g/mol. The number of halogens is 2. The molecule has 0 bridgehead atoms. The van der Waals surface area contributed by atoms with Crippen LogP contribution in [0.25, 0.3) is 5.69 Å². The molecule has 25 heavy (non-hydrogen) atoms. The number of aromatic nitrogens is 3. The third-order valence-corrected chi connectivity index (χ3v) is 5.22. The van der Waals surface area contributed by atoms with E-state index in [1.165, 1.54) is 0 Å². The van der Waals surface area contributed by atoms with Crippen molar-refractivity contribution in [2.75, 3.05) is 13.1 Å². The summed E-state index contributed by atoms with van der Waals surface area (Å²) in [5, 5.41) is 8.53. The second-order valence-corrected chi connectivity index (χ2v) is 7.55. The maximum Gasteiger partial charge on any atom is 0.276 e. The minimum atomic E-state index is -0.0320. The molecular formula is C17H21BrClN5O. The van der Waals surface area contributed by atoms with Crippen molar-refractivity contribution in [1.82, 2.24) is 19.9 Å². The molecule has 1 atom stereocenters. The van der Waals surface area contributed by atoms with Gasteiger partial charge >= 0.3 is 0 Å². The lowest BCUT2D eigenvalue weighted by Crippen LogP contribution is -2.46. The molecule has 0 radical (unpaired) electrons. The number of carbonyl (C=O) groups excluding carboxylic acids is 1. The molecule has 2 fully saturated rings. The highest BCUT2D eigenvalue weighted by Crippen LogP contribution is 2.42. The molecule has 2 aliphatic rings. The number of piperidine rings is 1. The van der Waals surface area contributed by atoms with Crippen molar-refractivity contribution < 1.29 is 4.79 Å². The Balaban J connectivity index is 0.00000182. The van der Waals surface area contributed by atoms with Crippen LogP contribution in [0, 0.1) is 0 Å². The second kappa shape index (κ2) is 7.43. The predicted octanol–water partition coefficient (Wildman–Crippen LogP) is 2.89. The Morgan fingerprint density at radius 2 is 1.92 bits per heavy atom. The Morgan fingerprint density at radius 3 is 2.56 bits per heavy atom. The maximum atomic E-state index is 12.9. The number of likely N-dealkylation sites (tertiary alicyclic amines) is 1. The molecule has 6 nitrogen and oxygen atoms in total. The normalized spacial score (nSPS) is 20.2. The maximum absolute atomic E-state index is 12.9. The van der Waals surface area contributed by atoms with Crippen molar-refractivity contribution in [1.29, 1.82) is 0 Å². The summed E-state index contributed by atoms with van der Waals surface area (Å²) >= 11 is 3.45. The fraction of sp³-hybridized carbons (Fsp3) is 0.471. The first-order chi connectivity index (χ1) is 11.6. The van der Waals surface area contributed by atoms with Gasteiger partial charge < -0.3 is 10.6 Å². The summed E-state index contributed by atoms with van der Waals surface area (Å²) < 4.78 is 2.83. The summed E-state index contributed by atoms with van der Waals surface area (Å²) in [6.07, 6.45) is 4.10. The minimum Gasteiger partial charge on any atom is -0.336 e. The van der Waals surface area contributed by atoms with Crippen LogP contribution >= 0.6 is 28.3 Å². The fourth-order valence-corrected chi connectivity index (χ4v) is 3.55. The van der Waals surface area contributed by atoms with Gasteiger partial charge in [0.05, 0.1) is 11.4 Å². The van der Waals surface area contributed by atoms with E-state index >= 15 is 0 Å². The van der Waals surface area contributed by atoms with Crippen LogP contribution in [0.15, 0.2) is 28.7 Å². The van der Waals surface area contributed by atoms with Crippen LogP contribution in [-0.2, 0) is 0 Å². The van der Waals surface area contributed by atoms with Crippen LogP contribution in [-0.4, -0.2) is 44.9 Å². The van der Waals surface area contributed by atoms with Crippen LogP contribution in [0.5, 0.6) is 0 Å². The van der Waals surface area contributed by atoms with Crippen LogP contribution in [0.1, 0.15) is 47.8 Å². The first-order valence-electron chi connectivity index (χ1n) is 8.40. The number of carbonyl (C=O) groups is 1. The summed E-state index contributed by atoms with van der Waals surface area (Å²) in [5.41, 5.74) is 8.40. The molecule has 1 aliphatic carbocycles. The Kier molecular flexibility index (Phi) is 5.46. The van der Waals surface area contributed by atoms with Gasteiger partial charge in [0.15, 0.2) is 5.69 Å². The number of rotatable bonds is 3. The summed E-state index contributed by atoms with van der Waals surface area (Å²) in [5.74, 6) is 0.344. The van der Waals surface area contributed by atoms with Gasteiger partial charge in [-0.3, -0.25) is 4.79 Å². The highest BCUT2D eigenvalue weighted by Gasteiger charge is 2.36. The highest BCUT2D eigenvalue weighted by molar-refractivity contribution is 9.10. The van der Waals surface area contributed by atoms with Crippen LogP contribution in [0.3, 0.4) is 0 Å². The predicted molar refractivity (Wildman–Crippen MR) is 101 cm³/mol. The summed E-state index contributed by atoms with van der Waals surface area (Å²) in [7, 11) is 0. The number of amides is 1. The van der Waals surface area contributed by atoms with E-state index in [1.807, 2.05) is 33.8 Å². The first-order valence-corrected chi connectivity index (χ1v) is 9.19. The van der Waals surface area contributed by atoms with Crippen molar-refractivity contribution in [2.24, 2.45) is 5.73 Å². The van der Waals surface area contributed by atoms with Gasteiger partial charge in [-0.05, 0) is 49.9 Å². The van der Waals surface area contributed by atoms with Gasteiger partial charge in [-0.15, -0.1) is 17.5 Å². The van der Waals surface area contributed by atoms with Crippen LogP contribution in [0.2, 0.25) is 0 Å². The zero-order chi connectivity index (χ0) is 16.7. The SMILES string of the molecule is Cl.NC1CCCN(C(=O)c2nnn(-c3ccc(Br)cc3)c2C2CC2)C1. The van der Waals surface area contributed by atoms with Gasteiger partial charge in [0, 0.05) is 29.5 Å². The Morgan fingerprint density at radius 1 is 1.20 bits per heavy atom. The summed E-state index contributed by atoms with van der Waals surface area (Å²) in [6.45, 7) is 1.36. The molecule has 4 rings (SSSR count). The zero-order valence-corrected chi connectivity index (χ0v) is 16.2. The molecule has 1 amide bonds. The third-order valence-electron chi connectivity index (χ3n) is 4.69. The molecule has 8 heteroatoms. The van der Waals surface area contributed by atoms with E-state index in [0.29, 0.717) is 18.2 Å². The molecule has 1 aromatic carbocycles. The van der Waals surface area contributed by atoms with E-state index in [1.54, 1.807) is 0 Å². The Labute approximate surface area is 161 Å². The van der Waals surface area contributed by atoms with E-state index in [9.17, 15) is 4.79 Å². The molecule has 2 N–H and O–H groups in total. The number of nitrogens with two attached hydrogens (primary N) is 1. The molecule has 2 heterocycles. The van der Waals surface area contributed by atoms with Gasteiger partial charge in [0.25, 0.3) is 5.91 Å². The molecular weight excluding hydrogens is 406 g/mol. The molecule has 1 aromatic heterocycles. The lowest BCUT2D eigenvalue weighted by molar-refractivity contribution is 0.0701. The van der Waals surface area contributed by atoms with Crippen LogP contribution in [0.4, 0.5) is 0 Å². The molecule has 134 valence electrons. The average Bonchev–Trinajstić information content (AvgIpc) is 3.33. The summed E-state index contributed by atoms with van der Waals surface area (Å²) in [6, 6.07) is 7.97. The molecule has 1 unspecified atom stereocenters. The van der Waals surface area contributed by atoms with E-state index in [-0.39, 0.29) is 24.4 Å². The van der Waals surface area contributed by atoms with Crippen molar-refractivity contribution in [3.63, 3.8) is 0 Å². The van der Waals surface area contributed by atoms with Gasteiger partial charge in [-0.2, -0.15) is 0 Å². The Bertz CT molecular complexity index is 759. The number of hydrogen-bond acceptors (Lipinski definition) is 4. The summed E-state index contributed by atoms with van der Waals surface area (Å²) in [4.78, 5) is 14.8. The molecule has 0 spiro atoms. The van der Waals surface area contributed by atoms with Crippen LogP contribution < -0.4 is 5.73 Å². The van der Waals surface area contributed by atoms with Gasteiger partial charge in [-0.1, -0.05) is 21.1 Å². The minimum absolute atomic E-state index is 0. The van der Waals surface area contributed by atoms with Crippen molar-refractivity contribution in [3.05, 3.63) is 40.1 Å². The van der Waals surface area contributed by atoms with E-state index < -0.39 is 0 Å². The quantitative estimate of drug-likeness (QED) is 0.818. The van der Waals surface area contributed by atoms with E-state index in [0.717, 1.165) is 48.1 Å². The molecule has 1 saturated heterocycles. The number of benzene rings is 1. The lowest BCUT2D eigenvalue weighted by atomic mass is 10.1. The number of hydrogen-bond donors (Lipinski definition) is 1. The first kappa shape index (κ1) is 18.4. The molecule has 1 saturated carbocycles. The average molecular weight is 427 g/mol. The van der Waals surface area contributed by atoms with Gasteiger partial charge in [-0.25, -0.2) is 4.68 Å². The number of nitrogens with zero attached hydrogens (tertiary/aromatic N) is 4. The zero-order valence-electron chi connectivity index (χ0n) is 13.8. The Hall–Kier alpha value is -1.44. The highest BCUT2D eigenvalue weighted by atomic mass is 79.9. The standard InChI is InChI=1S/C17H20BrN5O.ClH/c18-12-5-7-14(8-6-12)23-16(11-3-4-11)15(20-21-23)17(24)22-9-1-2-13(19)10-22;/h5-8,11,13H,1-4,9-10,19H2;1H. The van der Waals surface area contributed by atoms with Gasteiger partial charge in [0.2, 0.25) is 0 Å². The smallest absolute Gasteiger partial charge is 0.276 e. The fourth-order valence-electron chi connectivity index (χ4n) is 3.28. The van der Waals surface area contributed by atoms with Gasteiger partial charge in [0.1, 0.15) is 0 Å². The van der Waals surface area contributed by atoms with E-state index in [2.05, 4.69) is 26.2 Å². The lowest BCUT2D eigenvalue weighted by Gasteiger charge is -2.30. The topological polar surface area (TPSA) is 77.0 Å². The van der Waals surface area contributed by atoms with Crippen molar-refractivity contribution >= 4 is 34.2 Å². The molecule has 1 aliphatic heterocycles. The van der Waals surface area contributed by atoms with Crippen molar-refractivity contribution in [3.8, 4) is 5.69 Å². The van der Waals surface area contributed by atoms with E-state index in [4.69, 9.17) is 5.73 Å². The molecule has 2 aromatic rings. The largest absolute Gasteiger partial charge is 0.336 e. The second-order valence-electron chi connectivity index (χ2n) is 6.64. The van der Waals surface area contributed by atoms with Crippen molar-refractivity contribution in [2.45, 2.75) is 37.6 Å².